The van der Waals surface area contributed by atoms with E-state index in [9.17, 15) is 14.4 Å². The number of fused-ring (bicyclic) bond motifs is 5. The number of aryl methyl sites for hydroxylation is 1. The van der Waals surface area contributed by atoms with Gasteiger partial charge in [-0.15, -0.1) is 11.3 Å². The van der Waals surface area contributed by atoms with Crippen LogP contribution in [0, 0.1) is 0 Å². The van der Waals surface area contributed by atoms with Crippen molar-refractivity contribution in [1.29, 1.82) is 0 Å². The van der Waals surface area contributed by atoms with Gasteiger partial charge in [-0.1, -0.05) is 6.07 Å². The van der Waals surface area contributed by atoms with E-state index in [1.165, 1.54) is 7.11 Å². The Balaban J connectivity index is 1.56. The van der Waals surface area contributed by atoms with Crippen molar-refractivity contribution in [2.45, 2.75) is 71.0 Å². The van der Waals surface area contributed by atoms with Crippen LogP contribution in [0.5, 0.6) is 5.75 Å². The number of rotatable bonds is 4. The molecule has 3 aliphatic rings. The summed E-state index contributed by atoms with van der Waals surface area (Å²) >= 11 is 1.67. The molecule has 1 aromatic carbocycles. The fourth-order valence-electron chi connectivity index (χ4n) is 6.80. The first-order valence-electron chi connectivity index (χ1n) is 14.4. The van der Waals surface area contributed by atoms with Crippen LogP contribution in [0.15, 0.2) is 29.6 Å². The number of thiophene rings is 1. The van der Waals surface area contributed by atoms with E-state index in [0.29, 0.717) is 30.8 Å². The molecule has 0 unspecified atom stereocenters. The minimum Gasteiger partial charge on any atom is -0.496 e. The third-order valence-corrected chi connectivity index (χ3v) is 9.59. The molecule has 1 atom stereocenters. The molecule has 1 saturated heterocycles. The zero-order valence-electron chi connectivity index (χ0n) is 24.4. The molecule has 0 aliphatic carbocycles. The van der Waals surface area contributed by atoms with Gasteiger partial charge < -0.3 is 23.8 Å². The number of hydrogen-bond donors (Lipinski definition) is 0. The Labute approximate surface area is 244 Å². The quantitative estimate of drug-likeness (QED) is 0.389. The minimum atomic E-state index is -0.601. The number of nitrogens with zero attached hydrogens (tertiary/aromatic N) is 3. The van der Waals surface area contributed by atoms with Gasteiger partial charge in [-0.25, -0.2) is 4.79 Å². The second-order valence-electron chi connectivity index (χ2n) is 12.1. The van der Waals surface area contributed by atoms with Crippen molar-refractivity contribution in [1.82, 2.24) is 14.4 Å². The van der Waals surface area contributed by atoms with E-state index in [1.807, 2.05) is 23.1 Å². The Bertz CT molecular complexity index is 1530. The maximum atomic E-state index is 14.2. The number of likely N-dealkylation sites (tertiary alicyclic amines) is 1. The Morgan fingerprint density at radius 3 is 2.51 bits per heavy atom. The topological polar surface area (TPSA) is 81.1 Å². The van der Waals surface area contributed by atoms with Crippen molar-refractivity contribution < 1.29 is 23.9 Å². The number of carbonyl (C=O) groups is 3. The summed E-state index contributed by atoms with van der Waals surface area (Å²) < 4.78 is 12.9. The number of benzene rings is 1. The second kappa shape index (κ2) is 10.4. The Kier molecular flexibility index (Phi) is 6.96. The van der Waals surface area contributed by atoms with E-state index in [4.69, 9.17) is 9.47 Å². The molecule has 0 spiro atoms. The lowest BCUT2D eigenvalue weighted by atomic mass is 9.91. The van der Waals surface area contributed by atoms with E-state index in [2.05, 4.69) is 36.8 Å². The summed E-state index contributed by atoms with van der Waals surface area (Å²) in [5.41, 5.74) is 6.12. The van der Waals surface area contributed by atoms with Gasteiger partial charge in [0.1, 0.15) is 17.5 Å². The molecular formula is C32H37N3O5S. The lowest BCUT2D eigenvalue weighted by molar-refractivity contribution is -0.145. The van der Waals surface area contributed by atoms with Crippen LogP contribution in [0.3, 0.4) is 0 Å². The van der Waals surface area contributed by atoms with Crippen molar-refractivity contribution in [3.05, 3.63) is 52.0 Å². The van der Waals surface area contributed by atoms with Crippen LogP contribution in [0.2, 0.25) is 0 Å². The molecule has 5 heterocycles. The summed E-state index contributed by atoms with van der Waals surface area (Å²) in [4.78, 5) is 45.4. The smallest absolute Gasteiger partial charge is 0.328 e. The van der Waals surface area contributed by atoms with Gasteiger partial charge in [-0.2, -0.15) is 0 Å². The number of carbonyl (C=O) groups excluding carboxylic acids is 3. The Hall–Kier alpha value is -3.59. The number of hydrogen-bond acceptors (Lipinski definition) is 6. The average molecular weight is 576 g/mol. The molecule has 1 fully saturated rings. The van der Waals surface area contributed by atoms with E-state index in [-0.39, 0.29) is 17.4 Å². The van der Waals surface area contributed by atoms with Crippen LogP contribution in [0.4, 0.5) is 0 Å². The van der Waals surface area contributed by atoms with Crippen LogP contribution in [-0.4, -0.2) is 71.0 Å². The van der Waals surface area contributed by atoms with E-state index < -0.39 is 12.0 Å². The molecule has 41 heavy (non-hydrogen) atoms. The average Bonchev–Trinajstić information content (AvgIpc) is 3.69. The highest BCUT2D eigenvalue weighted by Crippen LogP contribution is 2.47. The van der Waals surface area contributed by atoms with Gasteiger partial charge in [0.2, 0.25) is 0 Å². The zero-order chi connectivity index (χ0) is 29.1. The SMILES string of the molecule is COC(=O)[C@@H]1CCCN1C(=O)c1cc2c(cc1OC)CCn1c3c(c(-c4cccs4)c1-2)CCCN(C(C)(C)C)C3=O. The van der Waals surface area contributed by atoms with Crippen molar-refractivity contribution in [3.8, 4) is 27.4 Å². The molecule has 0 radical (unpaired) electrons. The first kappa shape index (κ1) is 27.6. The van der Waals surface area contributed by atoms with Crippen LogP contribution in [0.1, 0.15) is 72.0 Å². The number of aromatic nitrogens is 1. The molecule has 0 bridgehead atoms. The van der Waals surface area contributed by atoms with Crippen LogP contribution in [0.25, 0.3) is 21.7 Å². The molecule has 3 aromatic rings. The molecule has 2 amide bonds. The number of ether oxygens (including phenoxy) is 2. The van der Waals surface area contributed by atoms with Gasteiger partial charge in [-0.05, 0) is 87.6 Å². The predicted molar refractivity (Wildman–Crippen MR) is 159 cm³/mol. The highest BCUT2D eigenvalue weighted by Gasteiger charge is 2.40. The molecule has 0 saturated carbocycles. The Morgan fingerprint density at radius 1 is 1.02 bits per heavy atom. The van der Waals surface area contributed by atoms with Crippen LogP contribution < -0.4 is 4.74 Å². The zero-order valence-corrected chi connectivity index (χ0v) is 25.2. The lowest BCUT2D eigenvalue weighted by Gasteiger charge is -2.35. The van der Waals surface area contributed by atoms with Crippen molar-refractivity contribution in [2.75, 3.05) is 27.3 Å². The molecule has 3 aliphatic heterocycles. The van der Waals surface area contributed by atoms with Crippen LogP contribution >= 0.6 is 11.3 Å². The first-order valence-corrected chi connectivity index (χ1v) is 15.2. The number of esters is 1. The molecule has 9 heteroatoms. The van der Waals surface area contributed by atoms with Crippen molar-refractivity contribution in [2.24, 2.45) is 0 Å². The fourth-order valence-corrected chi connectivity index (χ4v) is 7.59. The van der Waals surface area contributed by atoms with Gasteiger partial charge in [-0.3, -0.25) is 9.59 Å². The maximum absolute atomic E-state index is 14.2. The summed E-state index contributed by atoms with van der Waals surface area (Å²) in [6.07, 6.45) is 3.74. The maximum Gasteiger partial charge on any atom is 0.328 e. The lowest BCUT2D eigenvalue weighted by Crippen LogP contribution is -2.46. The van der Waals surface area contributed by atoms with E-state index >= 15 is 0 Å². The summed E-state index contributed by atoms with van der Waals surface area (Å²) in [6, 6.07) is 7.46. The van der Waals surface area contributed by atoms with E-state index in [0.717, 1.165) is 70.7 Å². The van der Waals surface area contributed by atoms with E-state index in [1.54, 1.807) is 23.3 Å². The Morgan fingerprint density at radius 2 is 1.83 bits per heavy atom. The largest absolute Gasteiger partial charge is 0.496 e. The fraction of sp³-hybridized carbons (Fsp3) is 0.469. The molecule has 8 nitrogen and oxygen atoms in total. The molecule has 2 aromatic heterocycles. The minimum absolute atomic E-state index is 0.0697. The summed E-state index contributed by atoms with van der Waals surface area (Å²) in [7, 11) is 2.93. The van der Waals surface area contributed by atoms with Gasteiger partial charge in [0.15, 0.2) is 0 Å². The predicted octanol–water partition coefficient (Wildman–Crippen LogP) is 5.41. The van der Waals surface area contributed by atoms with Gasteiger partial charge in [0.05, 0.1) is 25.5 Å². The molecule has 0 N–H and O–H groups in total. The van der Waals surface area contributed by atoms with Gasteiger partial charge in [0, 0.05) is 41.2 Å². The normalized spacial score (nSPS) is 18.5. The van der Waals surface area contributed by atoms with Gasteiger partial charge >= 0.3 is 5.97 Å². The van der Waals surface area contributed by atoms with Crippen molar-refractivity contribution >= 4 is 29.1 Å². The first-order chi connectivity index (χ1) is 19.7. The highest BCUT2D eigenvalue weighted by molar-refractivity contribution is 7.13. The van der Waals surface area contributed by atoms with Crippen LogP contribution in [-0.2, 0) is 28.9 Å². The van der Waals surface area contributed by atoms with Crippen molar-refractivity contribution in [3.63, 3.8) is 0 Å². The standard InChI is InChI=1S/C32H37N3O5S/c1-32(2,3)35-14-6-9-20-26(25-11-8-16-41-25)27-21-18-22(29(36)33-13-7-10-23(33)31(38)40-5)24(39-4)17-19(21)12-15-34(27)28(20)30(35)37/h8,11,16-18,23H,6-7,9-10,12-15H2,1-5H3/t23-/m0/s1. The molecular weight excluding hydrogens is 538 g/mol. The second-order valence-corrected chi connectivity index (χ2v) is 13.0. The molecule has 216 valence electrons. The van der Waals surface area contributed by atoms with Gasteiger partial charge in [0.25, 0.3) is 11.8 Å². The number of methoxy groups -OCH3 is 2. The monoisotopic (exact) mass is 575 g/mol. The number of amides is 2. The highest BCUT2D eigenvalue weighted by atomic mass is 32.1. The third kappa shape index (κ3) is 4.45. The summed E-state index contributed by atoms with van der Waals surface area (Å²) in [6.45, 7) is 8.16. The summed E-state index contributed by atoms with van der Waals surface area (Å²) in [5, 5.41) is 2.07. The third-order valence-electron chi connectivity index (χ3n) is 8.70. The molecule has 6 rings (SSSR count). The summed E-state index contributed by atoms with van der Waals surface area (Å²) in [5.74, 6) is -0.0680.